The molecule has 4 N–H and O–H groups in total. The van der Waals surface area contributed by atoms with Gasteiger partial charge < -0.3 is 15.9 Å². The number of halogens is 3. The molecule has 1 aromatic rings. The van der Waals surface area contributed by atoms with Crippen molar-refractivity contribution in [1.82, 2.24) is 0 Å². The molecular weight excluding hydrogens is 227 g/mol. The van der Waals surface area contributed by atoms with E-state index in [4.69, 9.17) is 15.9 Å². The number of rotatable bonds is 2. The van der Waals surface area contributed by atoms with Gasteiger partial charge in [-0.25, -0.2) is 4.79 Å². The molecule has 88 valence electrons. The third-order valence-corrected chi connectivity index (χ3v) is 2.11. The predicted octanol–water partition coefficient (Wildman–Crippen LogP) is 1.19. The molecule has 0 spiro atoms. The van der Waals surface area contributed by atoms with Crippen molar-refractivity contribution < 1.29 is 28.2 Å². The zero-order valence-electron chi connectivity index (χ0n) is 7.82. The number of alkyl halides is 3. The summed E-state index contributed by atoms with van der Waals surface area (Å²) in [4.78, 5) is 10.6. The Labute approximate surface area is 88.1 Å². The van der Waals surface area contributed by atoms with Crippen LogP contribution in [0.15, 0.2) is 24.3 Å². The summed E-state index contributed by atoms with van der Waals surface area (Å²) in [5.41, 5.74) is 0.764. The van der Waals surface area contributed by atoms with E-state index in [2.05, 4.69) is 0 Å². The van der Waals surface area contributed by atoms with E-state index < -0.39 is 23.2 Å². The lowest BCUT2D eigenvalue weighted by Gasteiger charge is -2.27. The van der Waals surface area contributed by atoms with Crippen molar-refractivity contribution in [2.75, 3.05) is 0 Å². The second-order valence-corrected chi connectivity index (χ2v) is 3.16. The number of aromatic hydroxyl groups is 1. The second-order valence-electron chi connectivity index (χ2n) is 3.16. The van der Waals surface area contributed by atoms with Crippen molar-refractivity contribution in [3.05, 3.63) is 29.8 Å². The first-order valence-corrected chi connectivity index (χ1v) is 4.08. The van der Waals surface area contributed by atoms with E-state index in [0.717, 1.165) is 24.3 Å². The van der Waals surface area contributed by atoms with Crippen LogP contribution in [0.3, 0.4) is 0 Å². The lowest BCUT2D eigenvalue weighted by molar-refractivity contribution is -0.204. The first-order chi connectivity index (χ1) is 7.19. The summed E-state index contributed by atoms with van der Waals surface area (Å²) in [5.74, 6) is -2.48. The molecule has 0 fully saturated rings. The van der Waals surface area contributed by atoms with Crippen LogP contribution in [0.1, 0.15) is 5.56 Å². The van der Waals surface area contributed by atoms with E-state index in [1.54, 1.807) is 0 Å². The van der Waals surface area contributed by atoms with Crippen LogP contribution in [0.4, 0.5) is 13.2 Å². The van der Waals surface area contributed by atoms with Crippen LogP contribution in [0.5, 0.6) is 5.75 Å². The van der Waals surface area contributed by atoms with Crippen LogP contribution in [-0.4, -0.2) is 22.4 Å². The fourth-order valence-electron chi connectivity index (χ4n) is 1.13. The van der Waals surface area contributed by atoms with Gasteiger partial charge in [0.2, 0.25) is 5.54 Å². The van der Waals surface area contributed by atoms with Crippen molar-refractivity contribution in [2.24, 2.45) is 5.73 Å². The van der Waals surface area contributed by atoms with E-state index in [1.807, 2.05) is 0 Å². The maximum absolute atomic E-state index is 12.6. The zero-order chi connectivity index (χ0) is 12.6. The number of hydrogen-bond donors (Lipinski definition) is 3. The van der Waals surface area contributed by atoms with Crippen molar-refractivity contribution in [2.45, 2.75) is 11.7 Å². The summed E-state index contributed by atoms with van der Waals surface area (Å²) >= 11 is 0. The lowest BCUT2D eigenvalue weighted by Crippen LogP contribution is -2.56. The molecule has 0 heterocycles. The van der Waals surface area contributed by atoms with Gasteiger partial charge in [0.05, 0.1) is 0 Å². The molecule has 0 aliphatic carbocycles. The Kier molecular flexibility index (Phi) is 2.83. The van der Waals surface area contributed by atoms with Gasteiger partial charge in [-0.1, -0.05) is 12.1 Å². The summed E-state index contributed by atoms with van der Waals surface area (Å²) in [5, 5.41) is 17.5. The molecule has 0 saturated carbocycles. The Hall–Kier alpha value is -1.76. The van der Waals surface area contributed by atoms with Gasteiger partial charge in [0.1, 0.15) is 5.75 Å². The van der Waals surface area contributed by atoms with Crippen LogP contribution >= 0.6 is 0 Å². The highest BCUT2D eigenvalue weighted by molar-refractivity contribution is 5.81. The number of phenolic OH excluding ortho intramolecular Hbond substituents is 1. The van der Waals surface area contributed by atoms with Crippen LogP contribution in [0, 0.1) is 0 Å². The Morgan fingerprint density at radius 3 is 1.94 bits per heavy atom. The van der Waals surface area contributed by atoms with E-state index in [-0.39, 0.29) is 5.75 Å². The molecule has 16 heavy (non-hydrogen) atoms. The third kappa shape index (κ3) is 1.81. The molecule has 7 heteroatoms. The van der Waals surface area contributed by atoms with Gasteiger partial charge in [0.15, 0.2) is 0 Å². The Balaban J connectivity index is 3.34. The molecule has 4 nitrogen and oxygen atoms in total. The van der Waals surface area contributed by atoms with Gasteiger partial charge in [-0.3, -0.25) is 0 Å². The minimum absolute atomic E-state index is 0.279. The summed E-state index contributed by atoms with van der Waals surface area (Å²) in [6.07, 6.45) is -5.13. The number of phenols is 1. The summed E-state index contributed by atoms with van der Waals surface area (Å²) < 4.78 is 37.7. The van der Waals surface area contributed by atoms with Gasteiger partial charge in [0, 0.05) is 0 Å². The molecular formula is C9H8F3NO3. The molecule has 0 saturated heterocycles. The molecule has 0 aromatic heterocycles. The first kappa shape index (κ1) is 12.3. The molecule has 0 bridgehead atoms. The molecule has 0 aliphatic rings. The van der Waals surface area contributed by atoms with Crippen LogP contribution < -0.4 is 5.73 Å². The van der Waals surface area contributed by atoms with E-state index >= 15 is 0 Å². The average molecular weight is 235 g/mol. The Bertz CT molecular complexity index is 401. The normalized spacial score (nSPS) is 15.5. The number of nitrogens with two attached hydrogens (primary N) is 1. The number of carboxylic acid groups (broad SMARTS) is 1. The van der Waals surface area contributed by atoms with E-state index in [9.17, 15) is 18.0 Å². The van der Waals surface area contributed by atoms with Gasteiger partial charge in [-0.2, -0.15) is 13.2 Å². The number of hydrogen-bond acceptors (Lipinski definition) is 3. The Morgan fingerprint density at radius 2 is 1.62 bits per heavy atom. The molecule has 0 aliphatic heterocycles. The second kappa shape index (κ2) is 3.67. The quantitative estimate of drug-likeness (QED) is 0.719. The van der Waals surface area contributed by atoms with Gasteiger partial charge in [0.25, 0.3) is 0 Å². The topological polar surface area (TPSA) is 83.6 Å². The SMILES string of the molecule is NC(C(=O)O)(c1ccc(O)cc1)C(F)(F)F. The maximum atomic E-state index is 12.6. The number of aliphatic carboxylic acids is 1. The highest BCUT2D eigenvalue weighted by Crippen LogP contribution is 2.37. The number of benzene rings is 1. The fraction of sp³-hybridized carbons (Fsp3) is 0.222. The molecule has 1 unspecified atom stereocenters. The zero-order valence-corrected chi connectivity index (χ0v) is 7.82. The van der Waals surface area contributed by atoms with Crippen molar-refractivity contribution in [1.29, 1.82) is 0 Å². The van der Waals surface area contributed by atoms with Crippen molar-refractivity contribution in [3.8, 4) is 5.75 Å². The highest BCUT2D eigenvalue weighted by Gasteiger charge is 2.59. The smallest absolute Gasteiger partial charge is 0.421 e. The monoisotopic (exact) mass is 235 g/mol. The first-order valence-electron chi connectivity index (χ1n) is 4.08. The predicted molar refractivity (Wildman–Crippen MR) is 47.7 cm³/mol. The van der Waals surface area contributed by atoms with Crippen molar-refractivity contribution in [3.63, 3.8) is 0 Å². The van der Waals surface area contributed by atoms with Gasteiger partial charge in [-0.05, 0) is 17.7 Å². The summed E-state index contributed by atoms with van der Waals surface area (Å²) in [7, 11) is 0. The fourth-order valence-corrected chi connectivity index (χ4v) is 1.13. The number of carboxylic acids is 1. The van der Waals surface area contributed by atoms with Crippen LogP contribution in [-0.2, 0) is 10.3 Å². The lowest BCUT2D eigenvalue weighted by atomic mass is 9.90. The number of carbonyl (C=O) groups is 1. The molecule has 1 rings (SSSR count). The van der Waals surface area contributed by atoms with E-state index in [0.29, 0.717) is 0 Å². The average Bonchev–Trinajstić information content (AvgIpc) is 2.15. The van der Waals surface area contributed by atoms with Crippen molar-refractivity contribution >= 4 is 5.97 Å². The minimum atomic E-state index is -5.13. The summed E-state index contributed by atoms with van der Waals surface area (Å²) in [6, 6.07) is 3.51. The van der Waals surface area contributed by atoms with Gasteiger partial charge >= 0.3 is 12.1 Å². The highest BCUT2D eigenvalue weighted by atomic mass is 19.4. The molecule has 0 amide bonds. The molecule has 0 radical (unpaired) electrons. The van der Waals surface area contributed by atoms with Crippen LogP contribution in [0.2, 0.25) is 0 Å². The van der Waals surface area contributed by atoms with Crippen LogP contribution in [0.25, 0.3) is 0 Å². The van der Waals surface area contributed by atoms with E-state index in [1.165, 1.54) is 0 Å². The van der Waals surface area contributed by atoms with Gasteiger partial charge in [-0.15, -0.1) is 0 Å². The third-order valence-electron chi connectivity index (χ3n) is 2.11. The summed E-state index contributed by atoms with van der Waals surface area (Å²) in [6.45, 7) is 0. The molecule has 1 atom stereocenters. The minimum Gasteiger partial charge on any atom is -0.508 e. The largest absolute Gasteiger partial charge is 0.508 e. The maximum Gasteiger partial charge on any atom is 0.421 e. The molecule has 1 aromatic carbocycles. The standard InChI is InChI=1S/C9H8F3NO3/c10-9(11,12)8(13,7(15)16)5-1-3-6(14)4-2-5/h1-4,14H,13H2,(H,15,16). The Morgan fingerprint density at radius 1 is 1.19 bits per heavy atom.